The van der Waals surface area contributed by atoms with Gasteiger partial charge in [0.2, 0.25) is 5.91 Å². The Kier molecular flexibility index (Phi) is 5.00. The fourth-order valence-corrected chi connectivity index (χ4v) is 3.10. The molecule has 2 aliphatic carbocycles. The fourth-order valence-electron chi connectivity index (χ4n) is 3.10. The van der Waals surface area contributed by atoms with Gasteiger partial charge in [-0.3, -0.25) is 4.79 Å². The van der Waals surface area contributed by atoms with Gasteiger partial charge in [0.1, 0.15) is 0 Å². The minimum Gasteiger partial charge on any atom is -0.411 e. The van der Waals surface area contributed by atoms with Crippen molar-refractivity contribution in [1.29, 1.82) is 0 Å². The molecule has 2 aliphatic rings. The number of amides is 1. The second-order valence-electron chi connectivity index (χ2n) is 5.78. The number of carbonyl (C=O) groups excluding carboxylic acids is 1. The number of nitrogens with zero attached hydrogens (tertiary/aromatic N) is 1. The molecule has 0 aromatic heterocycles. The van der Waals surface area contributed by atoms with Gasteiger partial charge in [0.05, 0.1) is 5.71 Å². The number of hydrogen-bond donors (Lipinski definition) is 2. The Morgan fingerprint density at radius 3 is 2.42 bits per heavy atom. The Balaban J connectivity index is 1.77. The molecule has 0 aromatic carbocycles. The van der Waals surface area contributed by atoms with E-state index in [0.29, 0.717) is 12.0 Å². The van der Waals surface area contributed by atoms with Gasteiger partial charge in [0.25, 0.3) is 0 Å². The molecule has 2 N–H and O–H groups in total. The van der Waals surface area contributed by atoms with Gasteiger partial charge in [-0.2, -0.15) is 0 Å². The van der Waals surface area contributed by atoms with E-state index < -0.39 is 0 Å². The largest absolute Gasteiger partial charge is 0.411 e. The summed E-state index contributed by atoms with van der Waals surface area (Å²) < 4.78 is 0. The molecule has 19 heavy (non-hydrogen) atoms. The van der Waals surface area contributed by atoms with Crippen molar-refractivity contribution in [3.8, 4) is 0 Å². The predicted molar refractivity (Wildman–Crippen MR) is 75.3 cm³/mol. The van der Waals surface area contributed by atoms with Crippen LogP contribution >= 0.6 is 0 Å². The highest BCUT2D eigenvalue weighted by molar-refractivity contribution is 5.84. The third kappa shape index (κ3) is 3.82. The number of rotatable bonds is 3. The summed E-state index contributed by atoms with van der Waals surface area (Å²) in [5.74, 6) is 0.720. The monoisotopic (exact) mass is 264 g/mol. The summed E-state index contributed by atoms with van der Waals surface area (Å²) in [4.78, 5) is 12.2. The molecule has 0 aliphatic heterocycles. The number of allylic oxidation sites excluding steroid dienone is 1. The van der Waals surface area contributed by atoms with E-state index in [0.717, 1.165) is 50.7 Å². The first-order valence-corrected chi connectivity index (χ1v) is 7.34. The van der Waals surface area contributed by atoms with Crippen LogP contribution in [0.5, 0.6) is 0 Å². The predicted octanol–water partition coefficient (Wildman–Crippen LogP) is 2.87. The van der Waals surface area contributed by atoms with Gasteiger partial charge in [-0.05, 0) is 51.9 Å². The Hall–Kier alpha value is -1.32. The molecule has 1 unspecified atom stereocenters. The highest BCUT2D eigenvalue weighted by Gasteiger charge is 2.28. The van der Waals surface area contributed by atoms with E-state index in [4.69, 9.17) is 5.21 Å². The summed E-state index contributed by atoms with van der Waals surface area (Å²) in [6, 6.07) is 0.330. The highest BCUT2D eigenvalue weighted by atomic mass is 16.4. The van der Waals surface area contributed by atoms with E-state index in [1.54, 1.807) is 0 Å². The van der Waals surface area contributed by atoms with Gasteiger partial charge in [-0.15, -0.1) is 0 Å². The maximum Gasteiger partial charge on any atom is 0.223 e. The van der Waals surface area contributed by atoms with Gasteiger partial charge < -0.3 is 10.5 Å². The summed E-state index contributed by atoms with van der Waals surface area (Å²) in [6.07, 6.45) is 11.2. The first kappa shape index (κ1) is 14.1. The lowest BCUT2D eigenvalue weighted by Gasteiger charge is -2.29. The standard InChI is InChI=1S/C15H24N2O2/c1-11(17-19)12-7-9-13(10-8-12)15(18)16-14-5-3-2-4-6-14/h2-3,12-14,19H,4-10H2,1H3,(H,16,18)/b17-11+. The minimum atomic E-state index is 0.147. The van der Waals surface area contributed by atoms with E-state index in [2.05, 4.69) is 22.6 Å². The van der Waals surface area contributed by atoms with Crippen molar-refractivity contribution < 1.29 is 10.0 Å². The van der Waals surface area contributed by atoms with E-state index in [1.165, 1.54) is 0 Å². The molecule has 1 amide bonds. The minimum absolute atomic E-state index is 0.147. The molecule has 0 spiro atoms. The van der Waals surface area contributed by atoms with Crippen LogP contribution in [-0.4, -0.2) is 22.9 Å². The lowest BCUT2D eigenvalue weighted by molar-refractivity contribution is -0.126. The molecule has 0 radical (unpaired) electrons. The van der Waals surface area contributed by atoms with Gasteiger partial charge >= 0.3 is 0 Å². The third-order valence-corrected chi connectivity index (χ3v) is 4.46. The smallest absolute Gasteiger partial charge is 0.223 e. The summed E-state index contributed by atoms with van der Waals surface area (Å²) in [7, 11) is 0. The molecular weight excluding hydrogens is 240 g/mol. The maximum atomic E-state index is 12.2. The van der Waals surface area contributed by atoms with Crippen molar-refractivity contribution in [2.75, 3.05) is 0 Å². The molecule has 0 aromatic rings. The maximum absolute atomic E-state index is 12.2. The molecule has 0 bridgehead atoms. The van der Waals surface area contributed by atoms with Crippen LogP contribution in [0.4, 0.5) is 0 Å². The van der Waals surface area contributed by atoms with Gasteiger partial charge in [-0.25, -0.2) is 0 Å². The van der Waals surface area contributed by atoms with Crippen molar-refractivity contribution in [1.82, 2.24) is 5.32 Å². The summed E-state index contributed by atoms with van der Waals surface area (Å²) in [6.45, 7) is 1.86. The van der Waals surface area contributed by atoms with Crippen LogP contribution < -0.4 is 5.32 Å². The number of carbonyl (C=O) groups is 1. The van der Waals surface area contributed by atoms with Crippen LogP contribution in [0.2, 0.25) is 0 Å². The molecule has 1 atom stereocenters. The van der Waals surface area contributed by atoms with Crippen molar-refractivity contribution in [3.05, 3.63) is 12.2 Å². The summed E-state index contributed by atoms with van der Waals surface area (Å²) >= 11 is 0. The van der Waals surface area contributed by atoms with E-state index in [1.807, 2.05) is 6.92 Å². The Morgan fingerprint density at radius 1 is 1.16 bits per heavy atom. The summed E-state index contributed by atoms with van der Waals surface area (Å²) in [5, 5.41) is 15.2. The molecule has 2 rings (SSSR count). The van der Waals surface area contributed by atoms with E-state index in [9.17, 15) is 4.79 Å². The quantitative estimate of drug-likeness (QED) is 0.356. The molecule has 4 heteroatoms. The highest BCUT2D eigenvalue weighted by Crippen LogP contribution is 2.30. The Bertz CT molecular complexity index is 368. The molecule has 106 valence electrons. The third-order valence-electron chi connectivity index (χ3n) is 4.46. The lowest BCUT2D eigenvalue weighted by atomic mass is 9.79. The first-order chi connectivity index (χ1) is 9.20. The van der Waals surface area contributed by atoms with Gasteiger partial charge in [0, 0.05) is 17.9 Å². The number of nitrogens with one attached hydrogen (secondary N) is 1. The normalized spacial score (nSPS) is 32.1. The zero-order valence-electron chi connectivity index (χ0n) is 11.6. The average Bonchev–Trinajstić information content (AvgIpc) is 2.47. The van der Waals surface area contributed by atoms with E-state index in [-0.39, 0.29) is 11.8 Å². The van der Waals surface area contributed by atoms with Crippen LogP contribution in [0.15, 0.2) is 17.3 Å². The Morgan fingerprint density at radius 2 is 1.84 bits per heavy atom. The van der Waals surface area contributed by atoms with Crippen LogP contribution in [0.1, 0.15) is 51.9 Å². The number of hydrogen-bond acceptors (Lipinski definition) is 3. The van der Waals surface area contributed by atoms with Gasteiger partial charge in [-0.1, -0.05) is 17.3 Å². The first-order valence-electron chi connectivity index (χ1n) is 7.34. The zero-order valence-corrected chi connectivity index (χ0v) is 11.6. The fraction of sp³-hybridized carbons (Fsp3) is 0.733. The summed E-state index contributed by atoms with van der Waals surface area (Å²) in [5.41, 5.74) is 0.802. The van der Waals surface area contributed by atoms with Crippen LogP contribution in [0, 0.1) is 11.8 Å². The van der Waals surface area contributed by atoms with Crippen molar-refractivity contribution >= 4 is 11.6 Å². The molecule has 1 fully saturated rings. The van der Waals surface area contributed by atoms with Gasteiger partial charge in [0.15, 0.2) is 0 Å². The SMILES string of the molecule is C/C(=N\O)C1CCC(C(=O)NC2CC=CCC2)CC1. The molecule has 0 heterocycles. The van der Waals surface area contributed by atoms with E-state index >= 15 is 0 Å². The van der Waals surface area contributed by atoms with Crippen molar-refractivity contribution in [2.24, 2.45) is 17.0 Å². The zero-order chi connectivity index (χ0) is 13.7. The second kappa shape index (κ2) is 6.73. The van der Waals surface area contributed by atoms with Crippen LogP contribution in [0.3, 0.4) is 0 Å². The van der Waals surface area contributed by atoms with Crippen molar-refractivity contribution in [3.63, 3.8) is 0 Å². The Labute approximate surface area is 115 Å². The number of oxime groups is 1. The molecular formula is C15H24N2O2. The second-order valence-corrected chi connectivity index (χ2v) is 5.78. The topological polar surface area (TPSA) is 61.7 Å². The van der Waals surface area contributed by atoms with Crippen molar-refractivity contribution in [2.45, 2.75) is 57.9 Å². The lowest BCUT2D eigenvalue weighted by Crippen LogP contribution is -2.40. The average molecular weight is 264 g/mol. The van der Waals surface area contributed by atoms with Crippen LogP contribution in [0.25, 0.3) is 0 Å². The molecule has 4 nitrogen and oxygen atoms in total. The van der Waals surface area contributed by atoms with Crippen LogP contribution in [-0.2, 0) is 4.79 Å². The molecule has 0 saturated heterocycles. The molecule has 1 saturated carbocycles.